The second-order valence-electron chi connectivity index (χ2n) is 6.29. The van der Waals surface area contributed by atoms with Crippen molar-refractivity contribution < 1.29 is 4.79 Å². The molecular weight excluding hydrogens is 332 g/mol. The van der Waals surface area contributed by atoms with E-state index in [1.54, 1.807) is 7.05 Å². The van der Waals surface area contributed by atoms with Crippen LogP contribution in [0.3, 0.4) is 0 Å². The van der Waals surface area contributed by atoms with Gasteiger partial charge < -0.3 is 15.5 Å². The summed E-state index contributed by atoms with van der Waals surface area (Å²) in [4.78, 5) is 18.0. The summed E-state index contributed by atoms with van der Waals surface area (Å²) in [7, 11) is 1.80. The zero-order valence-corrected chi connectivity index (χ0v) is 16.2. The SMILES string of the molecule is CN=C(NCCCCSC)NCc1cccc(CN2CCCC2=O)c1. The predicted octanol–water partition coefficient (Wildman–Crippen LogP) is 2.62. The van der Waals surface area contributed by atoms with Crippen LogP contribution in [0.4, 0.5) is 0 Å². The third-order valence-corrected chi connectivity index (χ3v) is 4.98. The van der Waals surface area contributed by atoms with Crippen molar-refractivity contribution in [1.82, 2.24) is 15.5 Å². The maximum atomic E-state index is 11.8. The predicted molar refractivity (Wildman–Crippen MR) is 107 cm³/mol. The molecule has 5 nitrogen and oxygen atoms in total. The molecule has 6 heteroatoms. The first-order valence-corrected chi connectivity index (χ1v) is 10.4. The van der Waals surface area contributed by atoms with E-state index in [1.165, 1.54) is 23.3 Å². The van der Waals surface area contributed by atoms with Gasteiger partial charge in [-0.2, -0.15) is 11.8 Å². The van der Waals surface area contributed by atoms with E-state index >= 15 is 0 Å². The summed E-state index contributed by atoms with van der Waals surface area (Å²) < 4.78 is 0. The highest BCUT2D eigenvalue weighted by atomic mass is 32.2. The molecular formula is C19H30N4OS. The number of amides is 1. The van der Waals surface area contributed by atoms with E-state index in [0.29, 0.717) is 6.42 Å². The molecule has 0 bridgehead atoms. The Balaban J connectivity index is 1.77. The summed E-state index contributed by atoms with van der Waals surface area (Å²) in [6, 6.07) is 8.43. The van der Waals surface area contributed by atoms with Gasteiger partial charge in [-0.25, -0.2) is 0 Å². The van der Waals surface area contributed by atoms with E-state index in [0.717, 1.165) is 45.0 Å². The molecule has 1 saturated heterocycles. The molecule has 138 valence electrons. The van der Waals surface area contributed by atoms with Crippen molar-refractivity contribution in [1.29, 1.82) is 0 Å². The fraction of sp³-hybridized carbons (Fsp3) is 0.579. The van der Waals surface area contributed by atoms with Crippen LogP contribution in [0.15, 0.2) is 29.3 Å². The van der Waals surface area contributed by atoms with Crippen molar-refractivity contribution >= 4 is 23.6 Å². The van der Waals surface area contributed by atoms with Gasteiger partial charge in [0.1, 0.15) is 0 Å². The smallest absolute Gasteiger partial charge is 0.222 e. The minimum absolute atomic E-state index is 0.273. The van der Waals surface area contributed by atoms with Crippen LogP contribution in [-0.4, -0.2) is 48.9 Å². The number of likely N-dealkylation sites (tertiary alicyclic amines) is 1. The van der Waals surface area contributed by atoms with Gasteiger partial charge in [-0.05, 0) is 42.4 Å². The molecule has 25 heavy (non-hydrogen) atoms. The highest BCUT2D eigenvalue weighted by molar-refractivity contribution is 7.98. The number of rotatable bonds is 9. The van der Waals surface area contributed by atoms with Crippen LogP contribution in [0.1, 0.15) is 36.8 Å². The van der Waals surface area contributed by atoms with Crippen molar-refractivity contribution in [2.45, 2.75) is 38.8 Å². The summed E-state index contributed by atoms with van der Waals surface area (Å²) in [5.41, 5.74) is 2.39. The maximum absolute atomic E-state index is 11.8. The van der Waals surface area contributed by atoms with E-state index in [2.05, 4.69) is 46.1 Å². The zero-order valence-electron chi connectivity index (χ0n) is 15.4. The fourth-order valence-electron chi connectivity index (χ4n) is 2.91. The highest BCUT2D eigenvalue weighted by Crippen LogP contribution is 2.15. The first kappa shape index (κ1) is 19.6. The number of thioether (sulfide) groups is 1. The molecule has 1 aliphatic rings. The molecule has 0 aromatic heterocycles. The van der Waals surface area contributed by atoms with Gasteiger partial charge in [0.2, 0.25) is 5.91 Å². The number of hydrogen-bond donors (Lipinski definition) is 2. The molecule has 2 rings (SSSR count). The summed E-state index contributed by atoms with van der Waals surface area (Å²) >= 11 is 1.89. The number of benzene rings is 1. The third kappa shape index (κ3) is 6.98. The van der Waals surface area contributed by atoms with Crippen LogP contribution in [0, 0.1) is 0 Å². The van der Waals surface area contributed by atoms with Crippen molar-refractivity contribution in [3.05, 3.63) is 35.4 Å². The molecule has 1 aliphatic heterocycles. The van der Waals surface area contributed by atoms with Crippen molar-refractivity contribution in [2.24, 2.45) is 4.99 Å². The quantitative estimate of drug-likeness (QED) is 0.403. The van der Waals surface area contributed by atoms with Gasteiger partial charge in [-0.15, -0.1) is 0 Å². The molecule has 0 unspecified atom stereocenters. The Labute approximate surface area is 155 Å². The minimum Gasteiger partial charge on any atom is -0.356 e. The summed E-state index contributed by atoms with van der Waals surface area (Å²) in [5, 5.41) is 6.71. The van der Waals surface area contributed by atoms with Gasteiger partial charge in [-0.1, -0.05) is 24.3 Å². The summed E-state index contributed by atoms with van der Waals surface area (Å²) in [5.74, 6) is 2.32. The number of nitrogens with zero attached hydrogens (tertiary/aromatic N) is 2. The minimum atomic E-state index is 0.273. The molecule has 1 aromatic carbocycles. The van der Waals surface area contributed by atoms with Gasteiger partial charge in [0.05, 0.1) is 0 Å². The molecule has 0 radical (unpaired) electrons. The van der Waals surface area contributed by atoms with E-state index in [1.807, 2.05) is 16.7 Å². The molecule has 1 fully saturated rings. The Kier molecular flexibility index (Phi) is 8.66. The van der Waals surface area contributed by atoms with E-state index in [9.17, 15) is 4.79 Å². The van der Waals surface area contributed by atoms with Gasteiger partial charge in [0, 0.05) is 39.6 Å². The Bertz CT molecular complexity index is 576. The number of carbonyl (C=O) groups excluding carboxylic acids is 1. The second kappa shape index (κ2) is 11.0. The fourth-order valence-corrected chi connectivity index (χ4v) is 3.41. The lowest BCUT2D eigenvalue weighted by atomic mass is 10.1. The van der Waals surface area contributed by atoms with Crippen LogP contribution in [-0.2, 0) is 17.9 Å². The largest absolute Gasteiger partial charge is 0.356 e. The second-order valence-corrected chi connectivity index (χ2v) is 7.28. The topological polar surface area (TPSA) is 56.7 Å². The molecule has 0 aliphatic carbocycles. The highest BCUT2D eigenvalue weighted by Gasteiger charge is 2.19. The van der Waals surface area contributed by atoms with Gasteiger partial charge in [0.25, 0.3) is 0 Å². The van der Waals surface area contributed by atoms with Gasteiger partial charge >= 0.3 is 0 Å². The standard InChI is InChI=1S/C19H30N4OS/c1-20-19(21-10-3-4-12-25-2)22-14-16-7-5-8-17(13-16)15-23-11-6-9-18(23)24/h5,7-8,13H,3-4,6,9-12,14-15H2,1-2H3,(H2,20,21,22). The molecule has 2 N–H and O–H groups in total. The van der Waals surface area contributed by atoms with Crippen molar-refractivity contribution in [3.63, 3.8) is 0 Å². The van der Waals surface area contributed by atoms with Crippen molar-refractivity contribution in [2.75, 3.05) is 32.1 Å². The average Bonchev–Trinajstić information content (AvgIpc) is 3.02. The molecule has 0 atom stereocenters. The molecule has 1 amide bonds. The van der Waals surface area contributed by atoms with E-state index in [4.69, 9.17) is 0 Å². The Morgan fingerprint density at radius 3 is 2.84 bits per heavy atom. The monoisotopic (exact) mass is 362 g/mol. The van der Waals surface area contributed by atoms with Gasteiger partial charge in [-0.3, -0.25) is 9.79 Å². The number of aliphatic imine (C=N–C) groups is 1. The van der Waals surface area contributed by atoms with E-state index in [-0.39, 0.29) is 5.91 Å². The maximum Gasteiger partial charge on any atom is 0.222 e. The summed E-state index contributed by atoms with van der Waals surface area (Å²) in [6.45, 7) is 3.27. The third-order valence-electron chi connectivity index (χ3n) is 4.29. The van der Waals surface area contributed by atoms with Crippen LogP contribution in [0.25, 0.3) is 0 Å². The lowest BCUT2D eigenvalue weighted by molar-refractivity contribution is -0.128. The Morgan fingerprint density at radius 1 is 1.28 bits per heavy atom. The number of hydrogen-bond acceptors (Lipinski definition) is 3. The van der Waals surface area contributed by atoms with Crippen molar-refractivity contribution in [3.8, 4) is 0 Å². The zero-order chi connectivity index (χ0) is 17.9. The van der Waals surface area contributed by atoms with Crippen LogP contribution < -0.4 is 10.6 Å². The normalized spacial score (nSPS) is 14.9. The lowest BCUT2D eigenvalue weighted by Crippen LogP contribution is -2.37. The number of nitrogens with one attached hydrogen (secondary N) is 2. The average molecular weight is 363 g/mol. The summed E-state index contributed by atoms with van der Waals surface area (Å²) in [6.07, 6.45) is 6.20. The number of carbonyl (C=O) groups is 1. The van der Waals surface area contributed by atoms with Crippen LogP contribution in [0.5, 0.6) is 0 Å². The molecule has 1 heterocycles. The van der Waals surface area contributed by atoms with Crippen LogP contribution in [0.2, 0.25) is 0 Å². The first-order chi connectivity index (χ1) is 12.2. The lowest BCUT2D eigenvalue weighted by Gasteiger charge is -2.16. The van der Waals surface area contributed by atoms with Crippen LogP contribution >= 0.6 is 11.8 Å². The molecule has 0 spiro atoms. The molecule has 1 aromatic rings. The Morgan fingerprint density at radius 2 is 2.12 bits per heavy atom. The first-order valence-electron chi connectivity index (χ1n) is 9.02. The Hall–Kier alpha value is -1.69. The number of guanidine groups is 1. The number of unbranched alkanes of at least 4 members (excludes halogenated alkanes) is 1. The molecule has 0 saturated carbocycles. The van der Waals surface area contributed by atoms with E-state index < -0.39 is 0 Å². The van der Waals surface area contributed by atoms with Gasteiger partial charge in [0.15, 0.2) is 5.96 Å².